The first-order valence-corrected chi connectivity index (χ1v) is 13.2. The van der Waals surface area contributed by atoms with Gasteiger partial charge in [0.25, 0.3) is 0 Å². The summed E-state index contributed by atoms with van der Waals surface area (Å²) in [5, 5.41) is 33.8. The molecule has 0 aromatic heterocycles. The minimum Gasteiger partial charge on any atom is -0.507 e. The number of fused-ring (bicyclic) bond motifs is 4. The molecule has 42 heavy (non-hydrogen) atoms. The summed E-state index contributed by atoms with van der Waals surface area (Å²) in [5.41, 5.74) is -0.225. The number of allylic oxidation sites excluding steroid dienone is 2. The predicted octanol–water partition coefficient (Wildman–Crippen LogP) is 4.49. The van der Waals surface area contributed by atoms with Gasteiger partial charge in [0.15, 0.2) is 17.3 Å². The Morgan fingerprint density at radius 1 is 0.762 bits per heavy atom. The standard InChI is InChI=1S/C32H26O10/c1-11-6-15-22(17(33)7-11)31(38)24-16(28(15)35)9-19(40-4)26(32(24)39)23-14-8-12(2)42-13(3)21(14)30(37)25-18(34)10-20(41-5)29(36)27(23)25/h6-7,9-10,12-13,33,37,39H,8H2,1-5H3/t12-,13+/m1/s1. The maximum Gasteiger partial charge on any atom is 0.229 e. The van der Waals surface area contributed by atoms with Crippen molar-refractivity contribution in [3.8, 4) is 34.1 Å². The molecule has 1 heterocycles. The number of rotatable bonds is 3. The molecule has 0 saturated carbocycles. The van der Waals surface area contributed by atoms with Crippen LogP contribution in [0, 0.1) is 6.92 Å². The highest BCUT2D eigenvalue weighted by Gasteiger charge is 2.43. The van der Waals surface area contributed by atoms with Gasteiger partial charge < -0.3 is 29.5 Å². The summed E-state index contributed by atoms with van der Waals surface area (Å²) >= 11 is 0. The summed E-state index contributed by atoms with van der Waals surface area (Å²) in [7, 11) is 2.52. The van der Waals surface area contributed by atoms with Crippen LogP contribution in [0.2, 0.25) is 0 Å². The van der Waals surface area contributed by atoms with Crippen LogP contribution in [0.1, 0.15) is 89.2 Å². The van der Waals surface area contributed by atoms with Crippen LogP contribution in [0.4, 0.5) is 0 Å². The Balaban J connectivity index is 1.77. The van der Waals surface area contributed by atoms with E-state index in [1.807, 2.05) is 0 Å². The average Bonchev–Trinajstić information content (AvgIpc) is 2.92. The fraction of sp³-hybridized carbons (Fsp3) is 0.250. The van der Waals surface area contributed by atoms with E-state index < -0.39 is 52.6 Å². The van der Waals surface area contributed by atoms with Crippen LogP contribution in [-0.4, -0.2) is 58.8 Å². The Bertz CT molecular complexity index is 1850. The summed E-state index contributed by atoms with van der Waals surface area (Å²) in [4.78, 5) is 54.5. The SMILES string of the molecule is COC1=CC(=O)c2c(O)c3c(c(-c4c(OC)cc5c(c4O)C(=O)c4c(O)cc(C)cc4C5=O)c2C1=O)C[C@@H](C)O[C@H]3C. The van der Waals surface area contributed by atoms with Crippen molar-refractivity contribution in [3.63, 3.8) is 0 Å². The molecule has 10 nitrogen and oxygen atoms in total. The topological polar surface area (TPSA) is 157 Å². The molecule has 0 unspecified atom stereocenters. The van der Waals surface area contributed by atoms with Gasteiger partial charge in [-0.3, -0.25) is 19.2 Å². The van der Waals surface area contributed by atoms with Gasteiger partial charge in [-0.05, 0) is 56.5 Å². The monoisotopic (exact) mass is 570 g/mol. The number of carbonyl (C=O) groups excluding carboxylic acids is 4. The summed E-state index contributed by atoms with van der Waals surface area (Å²) in [6, 6.07) is 4.12. The molecule has 3 aromatic carbocycles. The number of Topliss-reactive ketones (excluding diaryl/α,β-unsaturated/α-hetero) is 1. The summed E-state index contributed by atoms with van der Waals surface area (Å²) in [5.74, 6) is -4.70. The normalized spacial score (nSPS) is 19.0. The maximum absolute atomic E-state index is 13.8. The van der Waals surface area contributed by atoms with Crippen LogP contribution in [-0.2, 0) is 15.9 Å². The van der Waals surface area contributed by atoms with Crippen molar-refractivity contribution in [1.82, 2.24) is 0 Å². The molecule has 0 amide bonds. The molecular weight excluding hydrogens is 544 g/mol. The number of methoxy groups -OCH3 is 2. The van der Waals surface area contributed by atoms with Crippen molar-refractivity contribution >= 4 is 23.1 Å². The predicted molar refractivity (Wildman–Crippen MR) is 148 cm³/mol. The molecule has 214 valence electrons. The van der Waals surface area contributed by atoms with Gasteiger partial charge in [0.2, 0.25) is 11.6 Å². The molecule has 3 aromatic rings. The number of aromatic hydroxyl groups is 3. The van der Waals surface area contributed by atoms with E-state index in [1.165, 1.54) is 32.4 Å². The molecule has 10 heteroatoms. The summed E-state index contributed by atoms with van der Waals surface area (Å²) in [6.07, 6.45) is 0.0468. The number of aryl methyl sites for hydroxylation is 1. The zero-order valence-electron chi connectivity index (χ0n) is 23.4. The molecule has 0 radical (unpaired) electrons. The van der Waals surface area contributed by atoms with Crippen molar-refractivity contribution in [2.75, 3.05) is 14.2 Å². The minimum absolute atomic E-state index is 0.0194. The molecule has 2 aliphatic carbocycles. The van der Waals surface area contributed by atoms with E-state index in [0.717, 1.165) is 6.08 Å². The number of phenolic OH excluding ortho intramolecular Hbond substituents is 3. The van der Waals surface area contributed by atoms with E-state index in [1.54, 1.807) is 20.8 Å². The molecular formula is C32H26O10. The number of hydrogen-bond acceptors (Lipinski definition) is 10. The molecule has 2 atom stereocenters. The van der Waals surface area contributed by atoms with Crippen LogP contribution in [0.3, 0.4) is 0 Å². The second-order valence-corrected chi connectivity index (χ2v) is 10.7. The zero-order valence-corrected chi connectivity index (χ0v) is 23.4. The lowest BCUT2D eigenvalue weighted by Gasteiger charge is -2.34. The highest BCUT2D eigenvalue weighted by molar-refractivity contribution is 6.32. The van der Waals surface area contributed by atoms with Crippen molar-refractivity contribution < 1.29 is 48.7 Å². The number of benzene rings is 3. The Kier molecular flexibility index (Phi) is 6.02. The number of hydrogen-bond donors (Lipinski definition) is 3. The van der Waals surface area contributed by atoms with Gasteiger partial charge in [-0.15, -0.1) is 0 Å². The Labute approximate surface area is 239 Å². The molecule has 0 saturated heterocycles. The third-order valence-electron chi connectivity index (χ3n) is 8.07. The van der Waals surface area contributed by atoms with E-state index in [2.05, 4.69) is 0 Å². The summed E-state index contributed by atoms with van der Waals surface area (Å²) in [6.45, 7) is 5.14. The van der Waals surface area contributed by atoms with Crippen LogP contribution in [0.25, 0.3) is 11.1 Å². The van der Waals surface area contributed by atoms with E-state index in [4.69, 9.17) is 14.2 Å². The van der Waals surface area contributed by atoms with Gasteiger partial charge in [0, 0.05) is 33.9 Å². The first-order valence-electron chi connectivity index (χ1n) is 13.2. The number of ketones is 4. The Morgan fingerprint density at radius 3 is 2.12 bits per heavy atom. The van der Waals surface area contributed by atoms with Crippen LogP contribution >= 0.6 is 0 Å². The van der Waals surface area contributed by atoms with E-state index >= 15 is 0 Å². The Hall–Kier alpha value is -4.96. The minimum atomic E-state index is -0.801. The van der Waals surface area contributed by atoms with Gasteiger partial charge in [-0.1, -0.05) is 0 Å². The second kappa shape index (κ2) is 9.28. The lowest BCUT2D eigenvalue weighted by Crippen LogP contribution is -2.28. The maximum atomic E-state index is 13.8. The van der Waals surface area contributed by atoms with Crippen molar-refractivity contribution in [2.24, 2.45) is 0 Å². The van der Waals surface area contributed by atoms with Gasteiger partial charge in [-0.2, -0.15) is 0 Å². The van der Waals surface area contributed by atoms with Gasteiger partial charge in [0.05, 0.1) is 48.7 Å². The van der Waals surface area contributed by atoms with Gasteiger partial charge in [0.1, 0.15) is 23.0 Å². The molecule has 0 fully saturated rings. The molecule has 0 spiro atoms. The van der Waals surface area contributed by atoms with Crippen molar-refractivity contribution in [3.05, 3.63) is 80.1 Å². The van der Waals surface area contributed by atoms with Crippen molar-refractivity contribution in [2.45, 2.75) is 39.4 Å². The highest BCUT2D eigenvalue weighted by Crippen LogP contribution is 2.54. The van der Waals surface area contributed by atoms with E-state index in [0.29, 0.717) is 11.1 Å². The highest BCUT2D eigenvalue weighted by atomic mass is 16.5. The first-order chi connectivity index (χ1) is 19.9. The lowest BCUT2D eigenvalue weighted by molar-refractivity contribution is -0.00593. The fourth-order valence-electron chi connectivity index (χ4n) is 6.39. The number of carbonyl (C=O) groups is 4. The summed E-state index contributed by atoms with van der Waals surface area (Å²) < 4.78 is 16.8. The third-order valence-corrected chi connectivity index (χ3v) is 8.07. The van der Waals surface area contributed by atoms with Gasteiger partial charge in [-0.25, -0.2) is 0 Å². The fourth-order valence-corrected chi connectivity index (χ4v) is 6.39. The van der Waals surface area contributed by atoms with E-state index in [9.17, 15) is 34.5 Å². The zero-order chi connectivity index (χ0) is 30.4. The molecule has 0 bridgehead atoms. The Morgan fingerprint density at radius 2 is 1.45 bits per heavy atom. The second-order valence-electron chi connectivity index (χ2n) is 10.7. The molecule has 6 rings (SSSR count). The van der Waals surface area contributed by atoms with Crippen LogP contribution in [0.5, 0.6) is 23.0 Å². The molecule has 1 aliphatic heterocycles. The van der Waals surface area contributed by atoms with E-state index in [-0.39, 0.29) is 68.0 Å². The molecule has 3 aliphatic rings. The number of ether oxygens (including phenoxy) is 3. The average molecular weight is 571 g/mol. The van der Waals surface area contributed by atoms with Crippen molar-refractivity contribution in [1.29, 1.82) is 0 Å². The smallest absolute Gasteiger partial charge is 0.229 e. The largest absolute Gasteiger partial charge is 0.507 e. The molecule has 3 N–H and O–H groups in total. The third kappa shape index (κ3) is 3.54. The first kappa shape index (κ1) is 27.2. The quantitative estimate of drug-likeness (QED) is 0.321. The number of phenols is 3. The lowest BCUT2D eigenvalue weighted by atomic mass is 9.75. The van der Waals surface area contributed by atoms with Crippen LogP contribution < -0.4 is 4.74 Å². The van der Waals surface area contributed by atoms with Crippen LogP contribution in [0.15, 0.2) is 30.0 Å². The van der Waals surface area contributed by atoms with Gasteiger partial charge >= 0.3 is 0 Å².